The predicted octanol–water partition coefficient (Wildman–Crippen LogP) is 2.19. The van der Waals surface area contributed by atoms with Gasteiger partial charge in [0.05, 0.1) is 18.9 Å². The minimum absolute atomic E-state index is 0. The highest BCUT2D eigenvalue weighted by molar-refractivity contribution is 14.0. The third kappa shape index (κ3) is 7.40. The van der Waals surface area contributed by atoms with E-state index < -0.39 is 0 Å². The molecular weight excluding hydrogens is 445 g/mol. The monoisotopic (exact) mass is 479 g/mol. The van der Waals surface area contributed by atoms with E-state index in [0.29, 0.717) is 6.54 Å². The van der Waals surface area contributed by atoms with Gasteiger partial charge in [-0.15, -0.1) is 24.0 Å². The fourth-order valence-electron chi connectivity index (χ4n) is 3.02. The highest BCUT2D eigenvalue weighted by Gasteiger charge is 2.13. The summed E-state index contributed by atoms with van der Waals surface area (Å²) < 4.78 is 10.8. The van der Waals surface area contributed by atoms with Gasteiger partial charge in [-0.05, 0) is 25.8 Å². The van der Waals surface area contributed by atoms with Crippen LogP contribution in [0.2, 0.25) is 0 Å². The summed E-state index contributed by atoms with van der Waals surface area (Å²) in [5, 5.41) is 10.9. The molecule has 2 heterocycles. The lowest BCUT2D eigenvalue weighted by Gasteiger charge is -2.26. The first-order valence-electron chi connectivity index (χ1n) is 9.49. The van der Waals surface area contributed by atoms with Crippen molar-refractivity contribution in [3.05, 3.63) is 17.0 Å². The summed E-state index contributed by atoms with van der Waals surface area (Å²) >= 11 is 0. The van der Waals surface area contributed by atoms with Crippen molar-refractivity contribution >= 4 is 29.9 Å². The maximum absolute atomic E-state index is 5.41. The molecule has 0 amide bonds. The van der Waals surface area contributed by atoms with Crippen molar-refractivity contribution in [2.45, 2.75) is 46.1 Å². The third-order valence-corrected chi connectivity index (χ3v) is 4.56. The van der Waals surface area contributed by atoms with Gasteiger partial charge in [0, 0.05) is 45.2 Å². The number of aryl methyl sites for hydroxylation is 2. The number of aromatic nitrogens is 1. The molecule has 0 atom stereocenters. The summed E-state index contributed by atoms with van der Waals surface area (Å²) in [5.74, 6) is 1.79. The van der Waals surface area contributed by atoms with Crippen molar-refractivity contribution < 1.29 is 9.26 Å². The molecule has 1 saturated heterocycles. The van der Waals surface area contributed by atoms with Crippen LogP contribution < -0.4 is 10.6 Å². The smallest absolute Gasteiger partial charge is 0.191 e. The van der Waals surface area contributed by atoms with Crippen LogP contribution in [0.25, 0.3) is 0 Å². The molecule has 0 bridgehead atoms. The SMILES string of the molecule is CCc1noc(CC)c1CNC(=NC)NCCCCN1CCOCC1.I. The zero-order valence-electron chi connectivity index (χ0n) is 16.3. The Hall–Kier alpha value is -0.870. The van der Waals surface area contributed by atoms with Crippen LogP contribution in [0, 0.1) is 0 Å². The molecule has 1 aliphatic rings. The van der Waals surface area contributed by atoms with Gasteiger partial charge < -0.3 is 19.9 Å². The van der Waals surface area contributed by atoms with E-state index in [2.05, 4.69) is 39.5 Å². The molecule has 8 heteroatoms. The van der Waals surface area contributed by atoms with E-state index in [4.69, 9.17) is 9.26 Å². The number of hydrogen-bond donors (Lipinski definition) is 2. The molecule has 26 heavy (non-hydrogen) atoms. The first-order valence-corrected chi connectivity index (χ1v) is 9.49. The molecule has 0 saturated carbocycles. The van der Waals surface area contributed by atoms with Crippen molar-refractivity contribution in [3.8, 4) is 0 Å². The van der Waals surface area contributed by atoms with Gasteiger partial charge in [-0.2, -0.15) is 0 Å². The predicted molar refractivity (Wildman–Crippen MR) is 115 cm³/mol. The first kappa shape index (κ1) is 23.2. The van der Waals surface area contributed by atoms with Crippen molar-refractivity contribution in [3.63, 3.8) is 0 Å². The van der Waals surface area contributed by atoms with E-state index in [-0.39, 0.29) is 24.0 Å². The molecule has 0 aliphatic carbocycles. The third-order valence-electron chi connectivity index (χ3n) is 4.56. The minimum Gasteiger partial charge on any atom is -0.379 e. The number of halogens is 1. The molecule has 0 aromatic carbocycles. The van der Waals surface area contributed by atoms with Gasteiger partial charge in [-0.25, -0.2) is 0 Å². The van der Waals surface area contributed by atoms with Crippen LogP contribution in [0.5, 0.6) is 0 Å². The van der Waals surface area contributed by atoms with Gasteiger partial charge in [-0.1, -0.05) is 19.0 Å². The Labute approximate surface area is 174 Å². The van der Waals surface area contributed by atoms with Gasteiger partial charge in [-0.3, -0.25) is 9.89 Å². The van der Waals surface area contributed by atoms with Gasteiger partial charge >= 0.3 is 0 Å². The molecule has 7 nitrogen and oxygen atoms in total. The molecule has 150 valence electrons. The Bertz CT molecular complexity index is 508. The minimum atomic E-state index is 0. The lowest BCUT2D eigenvalue weighted by Crippen LogP contribution is -2.38. The van der Waals surface area contributed by atoms with Crippen molar-refractivity contribution in [2.24, 2.45) is 4.99 Å². The lowest BCUT2D eigenvalue weighted by atomic mass is 10.1. The Morgan fingerprint density at radius 1 is 1.15 bits per heavy atom. The van der Waals surface area contributed by atoms with Gasteiger partial charge in [0.15, 0.2) is 5.96 Å². The topological polar surface area (TPSA) is 74.9 Å². The summed E-state index contributed by atoms with van der Waals surface area (Å²) in [6.45, 7) is 10.8. The summed E-state index contributed by atoms with van der Waals surface area (Å²) in [6, 6.07) is 0. The van der Waals surface area contributed by atoms with Crippen LogP contribution in [0.15, 0.2) is 9.52 Å². The molecule has 1 aromatic heterocycles. The standard InChI is InChI=1S/C18H33N5O2.HI/c1-4-16-15(17(5-2)25-22-16)14-21-18(19-3)20-8-6-7-9-23-10-12-24-13-11-23;/h4-14H2,1-3H3,(H2,19,20,21);1H. The van der Waals surface area contributed by atoms with Gasteiger partial charge in [0.25, 0.3) is 0 Å². The second-order valence-corrected chi connectivity index (χ2v) is 6.25. The van der Waals surface area contributed by atoms with E-state index in [1.54, 1.807) is 7.05 Å². The van der Waals surface area contributed by atoms with Crippen molar-refractivity contribution in [2.75, 3.05) is 46.4 Å². The van der Waals surface area contributed by atoms with Crippen LogP contribution in [0.4, 0.5) is 0 Å². The summed E-state index contributed by atoms with van der Waals surface area (Å²) in [7, 11) is 1.80. The highest BCUT2D eigenvalue weighted by atomic mass is 127. The maximum atomic E-state index is 5.41. The fraction of sp³-hybridized carbons (Fsp3) is 0.778. The van der Waals surface area contributed by atoms with E-state index >= 15 is 0 Å². The quantitative estimate of drug-likeness (QED) is 0.245. The zero-order chi connectivity index (χ0) is 17.9. The fourth-order valence-corrected chi connectivity index (χ4v) is 3.02. The molecule has 0 radical (unpaired) electrons. The number of ether oxygens (including phenoxy) is 1. The average molecular weight is 479 g/mol. The Balaban J connectivity index is 0.00000338. The number of rotatable bonds is 9. The Kier molecular flexibility index (Phi) is 11.9. The molecule has 0 unspecified atom stereocenters. The summed E-state index contributed by atoms with van der Waals surface area (Å²) in [6.07, 6.45) is 4.06. The number of hydrogen-bond acceptors (Lipinski definition) is 5. The zero-order valence-corrected chi connectivity index (χ0v) is 18.7. The van der Waals surface area contributed by atoms with E-state index in [1.807, 2.05) is 0 Å². The Morgan fingerprint density at radius 2 is 1.92 bits per heavy atom. The van der Waals surface area contributed by atoms with Crippen LogP contribution >= 0.6 is 24.0 Å². The molecule has 1 aromatic rings. The molecule has 2 rings (SSSR count). The molecular formula is C18H34IN5O2. The molecule has 2 N–H and O–H groups in total. The van der Waals surface area contributed by atoms with E-state index in [9.17, 15) is 0 Å². The van der Waals surface area contributed by atoms with Crippen LogP contribution in [0.1, 0.15) is 43.7 Å². The number of aliphatic imine (C=N–C) groups is 1. The number of unbranched alkanes of at least 4 members (excludes halogenated alkanes) is 1. The van der Waals surface area contributed by atoms with Crippen molar-refractivity contribution in [1.29, 1.82) is 0 Å². The maximum Gasteiger partial charge on any atom is 0.191 e. The van der Waals surface area contributed by atoms with Crippen LogP contribution in [-0.2, 0) is 24.1 Å². The number of nitrogens with zero attached hydrogens (tertiary/aromatic N) is 3. The second-order valence-electron chi connectivity index (χ2n) is 6.25. The largest absolute Gasteiger partial charge is 0.379 e. The lowest BCUT2D eigenvalue weighted by molar-refractivity contribution is 0.0372. The normalized spacial score (nSPS) is 15.6. The van der Waals surface area contributed by atoms with Gasteiger partial charge in [0.1, 0.15) is 5.76 Å². The summed E-state index contributed by atoms with van der Waals surface area (Å²) in [5.41, 5.74) is 2.20. The number of guanidine groups is 1. The number of morpholine rings is 1. The van der Waals surface area contributed by atoms with Crippen LogP contribution in [-0.4, -0.2) is 62.5 Å². The molecule has 1 aliphatic heterocycles. The number of nitrogens with one attached hydrogen (secondary N) is 2. The highest BCUT2D eigenvalue weighted by Crippen LogP contribution is 2.15. The molecule has 0 spiro atoms. The Morgan fingerprint density at radius 3 is 2.58 bits per heavy atom. The summed E-state index contributed by atoms with van der Waals surface area (Å²) in [4.78, 5) is 6.78. The van der Waals surface area contributed by atoms with Crippen molar-refractivity contribution in [1.82, 2.24) is 20.7 Å². The van der Waals surface area contributed by atoms with Crippen LogP contribution in [0.3, 0.4) is 0 Å². The average Bonchev–Trinajstić information content (AvgIpc) is 3.06. The van der Waals surface area contributed by atoms with E-state index in [0.717, 1.165) is 76.1 Å². The second kappa shape index (κ2) is 13.3. The first-order chi connectivity index (χ1) is 12.3. The van der Waals surface area contributed by atoms with E-state index in [1.165, 1.54) is 12.0 Å². The molecule has 1 fully saturated rings. The van der Waals surface area contributed by atoms with Gasteiger partial charge in [0.2, 0.25) is 0 Å².